The monoisotopic (exact) mass is 264 g/mol. The van der Waals surface area contributed by atoms with Crippen molar-refractivity contribution in [2.24, 2.45) is 11.8 Å². The van der Waals surface area contributed by atoms with Crippen molar-refractivity contribution >= 4 is 22.6 Å². The summed E-state index contributed by atoms with van der Waals surface area (Å²) in [6.45, 7) is 2.24. The highest BCUT2D eigenvalue weighted by Gasteiger charge is 2.30. The molecule has 0 radical (unpaired) electrons. The molecule has 0 saturated heterocycles. The Morgan fingerprint density at radius 3 is 2.89 bits per heavy atom. The van der Waals surface area contributed by atoms with Crippen molar-refractivity contribution < 1.29 is 9.52 Å². The average Bonchev–Trinajstić information content (AvgIpc) is 2.93. The summed E-state index contributed by atoms with van der Waals surface area (Å²) in [5.74, 6) is 1.71. The Labute approximate surface area is 112 Å². The normalized spacial score (nSPS) is 25.7. The van der Waals surface area contributed by atoms with Gasteiger partial charge in [0.25, 0.3) is 0 Å². The van der Waals surface area contributed by atoms with Gasteiger partial charge >= 0.3 is 0 Å². The second kappa shape index (κ2) is 4.60. The van der Waals surface area contributed by atoms with E-state index in [-0.39, 0.29) is 0 Å². The summed E-state index contributed by atoms with van der Waals surface area (Å²) < 4.78 is 5.72. The number of aliphatic hydroxyl groups is 1. The van der Waals surface area contributed by atoms with E-state index in [4.69, 9.17) is 16.0 Å². The van der Waals surface area contributed by atoms with Gasteiger partial charge in [-0.05, 0) is 48.9 Å². The van der Waals surface area contributed by atoms with Crippen molar-refractivity contribution in [1.82, 2.24) is 0 Å². The zero-order valence-corrected chi connectivity index (χ0v) is 11.2. The molecule has 1 N–H and O–H groups in total. The molecule has 1 fully saturated rings. The summed E-state index contributed by atoms with van der Waals surface area (Å²) in [5.41, 5.74) is 0.791. The minimum absolute atomic E-state index is 0.330. The third kappa shape index (κ3) is 2.15. The van der Waals surface area contributed by atoms with Gasteiger partial charge in [-0.1, -0.05) is 24.9 Å². The Morgan fingerprint density at radius 2 is 2.17 bits per heavy atom. The molecule has 1 heterocycles. The van der Waals surface area contributed by atoms with E-state index in [1.165, 1.54) is 6.42 Å². The summed E-state index contributed by atoms with van der Waals surface area (Å²) >= 11 is 5.95. The number of hydrogen-bond donors (Lipinski definition) is 1. The van der Waals surface area contributed by atoms with Crippen LogP contribution in [0.3, 0.4) is 0 Å². The van der Waals surface area contributed by atoms with Crippen LogP contribution in [0.15, 0.2) is 28.7 Å². The van der Waals surface area contributed by atoms with E-state index in [0.717, 1.165) is 23.8 Å². The molecule has 3 atom stereocenters. The van der Waals surface area contributed by atoms with Crippen molar-refractivity contribution in [2.45, 2.75) is 32.3 Å². The lowest BCUT2D eigenvalue weighted by Gasteiger charge is -2.15. The molecule has 2 aromatic rings. The molecule has 1 aromatic heterocycles. The maximum atomic E-state index is 10.4. The van der Waals surface area contributed by atoms with Crippen LogP contribution < -0.4 is 0 Å². The van der Waals surface area contributed by atoms with Gasteiger partial charge in [0.15, 0.2) is 0 Å². The first-order valence-electron chi connectivity index (χ1n) is 6.50. The highest BCUT2D eigenvalue weighted by atomic mass is 35.5. The lowest BCUT2D eigenvalue weighted by atomic mass is 9.97. The summed E-state index contributed by atoms with van der Waals surface area (Å²) in [5, 5.41) is 12.0. The highest BCUT2D eigenvalue weighted by Crippen LogP contribution is 2.40. The van der Waals surface area contributed by atoms with Gasteiger partial charge in [0.1, 0.15) is 17.4 Å². The Hall–Kier alpha value is -0.990. The van der Waals surface area contributed by atoms with E-state index in [9.17, 15) is 5.11 Å². The third-order valence-corrected chi connectivity index (χ3v) is 4.21. The van der Waals surface area contributed by atoms with Gasteiger partial charge in [-0.25, -0.2) is 0 Å². The van der Waals surface area contributed by atoms with Crippen LogP contribution >= 0.6 is 11.6 Å². The number of furan rings is 1. The highest BCUT2D eigenvalue weighted by molar-refractivity contribution is 6.31. The number of rotatable bonds is 2. The molecule has 18 heavy (non-hydrogen) atoms. The average molecular weight is 265 g/mol. The molecule has 3 unspecified atom stereocenters. The summed E-state index contributed by atoms with van der Waals surface area (Å²) in [4.78, 5) is 0. The number of fused-ring (bicyclic) bond motifs is 1. The lowest BCUT2D eigenvalue weighted by Crippen LogP contribution is -2.08. The van der Waals surface area contributed by atoms with Crippen LogP contribution in [0.4, 0.5) is 0 Å². The minimum Gasteiger partial charge on any atom is -0.458 e. The van der Waals surface area contributed by atoms with E-state index < -0.39 is 6.10 Å². The van der Waals surface area contributed by atoms with E-state index in [1.54, 1.807) is 6.07 Å². The fourth-order valence-corrected chi connectivity index (χ4v) is 3.13. The van der Waals surface area contributed by atoms with Gasteiger partial charge in [-0.15, -0.1) is 0 Å². The van der Waals surface area contributed by atoms with Gasteiger partial charge < -0.3 is 9.52 Å². The van der Waals surface area contributed by atoms with Crippen LogP contribution in [0.1, 0.15) is 38.1 Å². The smallest absolute Gasteiger partial charge is 0.134 e. The molecular weight excluding hydrogens is 248 g/mol. The predicted octanol–water partition coefficient (Wildman–Crippen LogP) is 4.56. The van der Waals surface area contributed by atoms with Gasteiger partial charge in [-0.2, -0.15) is 0 Å². The number of benzene rings is 1. The summed E-state index contributed by atoms with van der Waals surface area (Å²) in [6.07, 6.45) is 2.88. The lowest BCUT2D eigenvalue weighted by molar-refractivity contribution is 0.0887. The van der Waals surface area contributed by atoms with Crippen molar-refractivity contribution in [3.05, 3.63) is 35.0 Å². The first kappa shape index (κ1) is 12.1. The molecule has 1 saturated carbocycles. The van der Waals surface area contributed by atoms with Crippen molar-refractivity contribution in [2.75, 3.05) is 0 Å². The Bertz CT molecular complexity index is 561. The van der Waals surface area contributed by atoms with Gasteiger partial charge in [0.2, 0.25) is 0 Å². The zero-order valence-electron chi connectivity index (χ0n) is 10.4. The van der Waals surface area contributed by atoms with Crippen LogP contribution in [0.5, 0.6) is 0 Å². The van der Waals surface area contributed by atoms with Crippen LogP contribution in [0, 0.1) is 11.8 Å². The Morgan fingerprint density at radius 1 is 1.33 bits per heavy atom. The summed E-state index contributed by atoms with van der Waals surface area (Å²) in [6, 6.07) is 7.44. The van der Waals surface area contributed by atoms with Gasteiger partial charge in [0.05, 0.1) is 0 Å². The minimum atomic E-state index is -0.485. The molecular formula is C15H17ClO2. The fraction of sp³-hybridized carbons (Fsp3) is 0.467. The molecule has 96 valence electrons. The zero-order chi connectivity index (χ0) is 12.7. The number of hydrogen-bond acceptors (Lipinski definition) is 2. The topological polar surface area (TPSA) is 33.4 Å². The van der Waals surface area contributed by atoms with E-state index >= 15 is 0 Å². The van der Waals surface area contributed by atoms with Crippen LogP contribution in [-0.4, -0.2) is 5.11 Å². The van der Waals surface area contributed by atoms with E-state index in [1.807, 2.05) is 18.2 Å². The standard InChI is InChI=1S/C15H17ClO2/c1-9-2-3-10(6-9)15(17)14-8-11-7-12(16)4-5-13(11)18-14/h4-5,7-10,15,17H,2-3,6H2,1H3. The summed E-state index contributed by atoms with van der Waals surface area (Å²) in [7, 11) is 0. The first-order chi connectivity index (χ1) is 8.63. The van der Waals surface area contributed by atoms with E-state index in [0.29, 0.717) is 22.6 Å². The second-order valence-electron chi connectivity index (χ2n) is 5.45. The van der Waals surface area contributed by atoms with Crippen LogP contribution in [-0.2, 0) is 0 Å². The van der Waals surface area contributed by atoms with Crippen LogP contribution in [0.25, 0.3) is 11.0 Å². The molecule has 0 bridgehead atoms. The molecule has 2 nitrogen and oxygen atoms in total. The molecule has 3 heteroatoms. The quantitative estimate of drug-likeness (QED) is 0.863. The Kier molecular flexibility index (Phi) is 3.08. The number of halogens is 1. The van der Waals surface area contributed by atoms with E-state index in [2.05, 4.69) is 6.92 Å². The molecule has 0 amide bonds. The first-order valence-corrected chi connectivity index (χ1v) is 6.88. The van der Waals surface area contributed by atoms with Crippen LogP contribution in [0.2, 0.25) is 5.02 Å². The molecule has 0 spiro atoms. The fourth-order valence-electron chi connectivity index (χ4n) is 2.95. The van der Waals surface area contributed by atoms with Crippen molar-refractivity contribution in [3.8, 4) is 0 Å². The Balaban J connectivity index is 1.89. The number of aliphatic hydroxyl groups excluding tert-OH is 1. The van der Waals surface area contributed by atoms with Crippen molar-refractivity contribution in [3.63, 3.8) is 0 Å². The predicted molar refractivity (Wildman–Crippen MR) is 72.7 cm³/mol. The largest absolute Gasteiger partial charge is 0.458 e. The SMILES string of the molecule is CC1CCC(C(O)c2cc3cc(Cl)ccc3o2)C1. The maximum Gasteiger partial charge on any atom is 0.134 e. The van der Waals surface area contributed by atoms with Gasteiger partial charge in [0, 0.05) is 10.4 Å². The maximum absolute atomic E-state index is 10.4. The van der Waals surface area contributed by atoms with Crippen molar-refractivity contribution in [1.29, 1.82) is 0 Å². The molecule has 1 aromatic carbocycles. The molecule has 1 aliphatic rings. The molecule has 1 aliphatic carbocycles. The molecule has 3 rings (SSSR count). The second-order valence-corrected chi connectivity index (χ2v) is 5.89. The molecule has 0 aliphatic heterocycles. The third-order valence-electron chi connectivity index (χ3n) is 3.97. The van der Waals surface area contributed by atoms with Gasteiger partial charge in [-0.3, -0.25) is 0 Å².